The molecule has 0 radical (unpaired) electrons. The van der Waals surface area contributed by atoms with Crippen LogP contribution in [0.3, 0.4) is 0 Å². The summed E-state index contributed by atoms with van der Waals surface area (Å²) in [6, 6.07) is 13.9. The van der Waals surface area contributed by atoms with Crippen molar-refractivity contribution in [2.24, 2.45) is 0 Å². The molecule has 1 saturated heterocycles. The molecule has 0 unspecified atom stereocenters. The Morgan fingerprint density at radius 1 is 1.03 bits per heavy atom. The molecule has 0 bridgehead atoms. The fraction of sp³-hybridized carbons (Fsp3) is 0.308. The Hall–Kier alpha value is -3.99. The zero-order valence-corrected chi connectivity index (χ0v) is 20.4. The second kappa shape index (κ2) is 9.81. The number of alkyl halides is 3. The van der Waals surface area contributed by atoms with Crippen LogP contribution in [0.2, 0.25) is 0 Å². The summed E-state index contributed by atoms with van der Waals surface area (Å²) in [4.78, 5) is 21.3. The number of carbonyl (C=O) groups is 1. The number of likely N-dealkylation sites (N-methyl/N-ethyl adjacent to an activating group) is 1. The minimum Gasteiger partial charge on any atom is -0.336 e. The van der Waals surface area contributed by atoms with E-state index < -0.39 is 11.7 Å². The Bertz CT molecular complexity index is 1400. The molecule has 11 heteroatoms. The molecule has 1 amide bonds. The molecule has 1 aliphatic heterocycles. The van der Waals surface area contributed by atoms with Gasteiger partial charge in [0.2, 0.25) is 5.82 Å². The van der Waals surface area contributed by atoms with Gasteiger partial charge in [0, 0.05) is 43.0 Å². The first-order chi connectivity index (χ1) is 17.7. The standard InChI is InChI=1S/C26H25F3N6O2/c1-17-14-22(24-30-23(32-37-24)19-6-8-21(9-7-19)26(27,28)29)31-35(17)16-18-4-3-5-20(15-18)25(36)34-12-10-33(2)11-13-34/h3-9,14-15H,10-13,16H2,1-2H3. The molecule has 192 valence electrons. The Kier molecular flexibility index (Phi) is 6.55. The summed E-state index contributed by atoms with van der Waals surface area (Å²) in [5, 5.41) is 8.47. The first-order valence-electron chi connectivity index (χ1n) is 11.8. The van der Waals surface area contributed by atoms with Crippen molar-refractivity contribution in [3.05, 3.63) is 77.0 Å². The quantitative estimate of drug-likeness (QED) is 0.397. The summed E-state index contributed by atoms with van der Waals surface area (Å²) in [5.74, 6) is 0.358. The molecular formula is C26H25F3N6O2. The summed E-state index contributed by atoms with van der Waals surface area (Å²) in [7, 11) is 2.05. The Morgan fingerprint density at radius 3 is 2.46 bits per heavy atom. The van der Waals surface area contributed by atoms with E-state index in [1.807, 2.05) is 43.1 Å². The highest BCUT2D eigenvalue weighted by Gasteiger charge is 2.30. The molecule has 37 heavy (non-hydrogen) atoms. The van der Waals surface area contributed by atoms with Crippen LogP contribution in [0.1, 0.15) is 27.2 Å². The molecule has 0 aliphatic carbocycles. The van der Waals surface area contributed by atoms with Gasteiger partial charge in [0.05, 0.1) is 12.1 Å². The molecule has 1 aliphatic rings. The lowest BCUT2D eigenvalue weighted by Gasteiger charge is -2.32. The van der Waals surface area contributed by atoms with Gasteiger partial charge in [0.15, 0.2) is 5.69 Å². The summed E-state index contributed by atoms with van der Waals surface area (Å²) >= 11 is 0. The third kappa shape index (κ3) is 5.41. The average Bonchev–Trinajstić information content (AvgIpc) is 3.51. The number of hydrogen-bond acceptors (Lipinski definition) is 6. The van der Waals surface area contributed by atoms with Crippen molar-refractivity contribution in [3.63, 3.8) is 0 Å². The Balaban J connectivity index is 1.30. The smallest absolute Gasteiger partial charge is 0.336 e. The summed E-state index contributed by atoms with van der Waals surface area (Å²) in [6.07, 6.45) is -4.41. The van der Waals surface area contributed by atoms with Crippen LogP contribution >= 0.6 is 0 Å². The SMILES string of the molecule is Cc1cc(-c2nc(-c3ccc(C(F)(F)F)cc3)no2)nn1Cc1cccc(C(=O)N2CCN(C)CC2)c1. The van der Waals surface area contributed by atoms with Crippen molar-refractivity contribution in [1.82, 2.24) is 29.7 Å². The second-order valence-electron chi connectivity index (χ2n) is 9.12. The Labute approximate surface area is 211 Å². The summed E-state index contributed by atoms with van der Waals surface area (Å²) in [6.45, 7) is 5.46. The molecule has 8 nitrogen and oxygen atoms in total. The van der Waals surface area contributed by atoms with Crippen LogP contribution < -0.4 is 0 Å². The zero-order valence-electron chi connectivity index (χ0n) is 20.4. The van der Waals surface area contributed by atoms with E-state index in [0.29, 0.717) is 36.5 Å². The molecular weight excluding hydrogens is 485 g/mol. The molecule has 0 atom stereocenters. The highest BCUT2D eigenvalue weighted by atomic mass is 19.4. The van der Waals surface area contributed by atoms with E-state index in [1.54, 1.807) is 10.7 Å². The molecule has 1 fully saturated rings. The maximum Gasteiger partial charge on any atom is 0.416 e. The van der Waals surface area contributed by atoms with Gasteiger partial charge in [0.1, 0.15) is 0 Å². The van der Waals surface area contributed by atoms with Crippen molar-refractivity contribution in [1.29, 1.82) is 0 Å². The number of nitrogens with zero attached hydrogens (tertiary/aromatic N) is 6. The maximum atomic E-state index is 13.0. The van der Waals surface area contributed by atoms with E-state index >= 15 is 0 Å². The van der Waals surface area contributed by atoms with Crippen LogP contribution in [0, 0.1) is 6.92 Å². The number of hydrogen-bond donors (Lipinski definition) is 0. The maximum absolute atomic E-state index is 13.0. The number of benzene rings is 2. The molecule has 2 aromatic heterocycles. The van der Waals surface area contributed by atoms with Crippen LogP contribution in [0.15, 0.2) is 59.1 Å². The number of aromatic nitrogens is 4. The van der Waals surface area contributed by atoms with Crippen LogP contribution in [0.4, 0.5) is 13.2 Å². The predicted octanol–water partition coefficient (Wildman–Crippen LogP) is 4.36. The molecule has 0 saturated carbocycles. The van der Waals surface area contributed by atoms with E-state index in [1.165, 1.54) is 12.1 Å². The van der Waals surface area contributed by atoms with Crippen molar-refractivity contribution >= 4 is 5.91 Å². The number of amides is 1. The number of halogens is 3. The lowest BCUT2D eigenvalue weighted by Crippen LogP contribution is -2.47. The molecule has 0 spiro atoms. The van der Waals surface area contributed by atoms with Gasteiger partial charge < -0.3 is 14.3 Å². The fourth-order valence-electron chi connectivity index (χ4n) is 4.20. The van der Waals surface area contributed by atoms with Crippen LogP contribution in [0.25, 0.3) is 23.0 Å². The molecule has 4 aromatic rings. The molecule has 0 N–H and O–H groups in total. The van der Waals surface area contributed by atoms with Gasteiger partial charge in [-0.05, 0) is 49.9 Å². The topological polar surface area (TPSA) is 80.3 Å². The predicted molar refractivity (Wildman–Crippen MR) is 130 cm³/mol. The third-order valence-corrected chi connectivity index (χ3v) is 6.39. The number of aryl methyl sites for hydroxylation is 1. The molecule has 5 rings (SSSR count). The van der Waals surface area contributed by atoms with Gasteiger partial charge in [-0.3, -0.25) is 9.48 Å². The van der Waals surface area contributed by atoms with E-state index in [-0.39, 0.29) is 17.6 Å². The van der Waals surface area contributed by atoms with Crippen molar-refractivity contribution < 1.29 is 22.5 Å². The van der Waals surface area contributed by atoms with E-state index in [2.05, 4.69) is 20.1 Å². The summed E-state index contributed by atoms with van der Waals surface area (Å²) in [5.41, 5.74) is 2.52. The normalized spacial score (nSPS) is 14.8. The summed E-state index contributed by atoms with van der Waals surface area (Å²) < 4.78 is 45.6. The Morgan fingerprint density at radius 2 is 1.76 bits per heavy atom. The first kappa shape index (κ1) is 24.7. The van der Waals surface area contributed by atoms with Gasteiger partial charge in [-0.1, -0.05) is 29.4 Å². The van der Waals surface area contributed by atoms with E-state index in [9.17, 15) is 18.0 Å². The van der Waals surface area contributed by atoms with Gasteiger partial charge in [0.25, 0.3) is 11.8 Å². The fourth-order valence-corrected chi connectivity index (χ4v) is 4.20. The average molecular weight is 511 g/mol. The van der Waals surface area contributed by atoms with Crippen molar-refractivity contribution in [2.45, 2.75) is 19.6 Å². The molecule has 2 aromatic carbocycles. The lowest BCUT2D eigenvalue weighted by molar-refractivity contribution is -0.137. The first-order valence-corrected chi connectivity index (χ1v) is 11.8. The second-order valence-corrected chi connectivity index (χ2v) is 9.12. The number of carbonyl (C=O) groups excluding carboxylic acids is 1. The highest BCUT2D eigenvalue weighted by Crippen LogP contribution is 2.31. The van der Waals surface area contributed by atoms with Crippen molar-refractivity contribution in [2.75, 3.05) is 33.2 Å². The van der Waals surface area contributed by atoms with Crippen LogP contribution in [0.5, 0.6) is 0 Å². The van der Waals surface area contributed by atoms with Gasteiger partial charge in [-0.25, -0.2) is 0 Å². The van der Waals surface area contributed by atoms with Gasteiger partial charge in [-0.15, -0.1) is 0 Å². The zero-order chi connectivity index (χ0) is 26.2. The minimum atomic E-state index is -4.41. The monoisotopic (exact) mass is 510 g/mol. The minimum absolute atomic E-state index is 0.0227. The number of rotatable bonds is 5. The van der Waals surface area contributed by atoms with Gasteiger partial charge in [-0.2, -0.15) is 23.3 Å². The van der Waals surface area contributed by atoms with E-state index in [4.69, 9.17) is 4.52 Å². The number of piperazine rings is 1. The van der Waals surface area contributed by atoms with E-state index in [0.717, 1.165) is 36.5 Å². The highest BCUT2D eigenvalue weighted by molar-refractivity contribution is 5.94. The lowest BCUT2D eigenvalue weighted by atomic mass is 10.1. The largest absolute Gasteiger partial charge is 0.416 e. The molecule has 3 heterocycles. The van der Waals surface area contributed by atoms with Gasteiger partial charge >= 0.3 is 6.18 Å². The van der Waals surface area contributed by atoms with Crippen LogP contribution in [-0.2, 0) is 12.7 Å². The van der Waals surface area contributed by atoms with Crippen LogP contribution in [-0.4, -0.2) is 68.9 Å². The van der Waals surface area contributed by atoms with Crippen molar-refractivity contribution in [3.8, 4) is 23.0 Å². The third-order valence-electron chi connectivity index (χ3n) is 6.39.